The maximum atomic E-state index is 9.87. The molecular weight excluding hydrogens is 293 g/mol. The molecule has 0 aromatic carbocycles. The van der Waals surface area contributed by atoms with Crippen molar-refractivity contribution in [3.05, 3.63) is 0 Å². The summed E-state index contributed by atoms with van der Waals surface area (Å²) in [4.78, 5) is 0. The van der Waals surface area contributed by atoms with Crippen LogP contribution in [-0.2, 0) is 0 Å². The summed E-state index contributed by atoms with van der Waals surface area (Å²) >= 11 is 0. The first-order valence-electron chi connectivity index (χ1n) is 5.83. The average Bonchev–Trinajstić information content (AvgIpc) is 2.19. The fourth-order valence-corrected chi connectivity index (χ4v) is 1.34. The van der Waals surface area contributed by atoms with E-state index in [0.29, 0.717) is 0 Å². The van der Waals surface area contributed by atoms with Crippen molar-refractivity contribution >= 4 is 7.81 Å². The molecule has 0 radical (unpaired) electrons. The Balaban J connectivity index is -0.000000228. The van der Waals surface area contributed by atoms with Crippen molar-refractivity contribution in [1.82, 2.24) is 0 Å². The third-order valence-electron chi connectivity index (χ3n) is 2.68. The van der Waals surface area contributed by atoms with Crippen molar-refractivity contribution in [2.75, 3.05) is 26.2 Å². The van der Waals surface area contributed by atoms with E-state index in [0.717, 1.165) is 0 Å². The van der Waals surface area contributed by atoms with Crippen LogP contribution in [0.2, 0.25) is 0 Å². The van der Waals surface area contributed by atoms with E-state index < -0.39 is 7.81 Å². The van der Waals surface area contributed by atoms with E-state index in [2.05, 4.69) is 27.7 Å². The first-order chi connectivity index (χ1) is 8.11. The summed E-state index contributed by atoms with van der Waals surface area (Å²) in [5.74, 6) is 0. The quantitative estimate of drug-likeness (QED) is 0.365. The molecule has 0 rings (SSSR count). The molecule has 19 heavy (non-hydrogen) atoms. The molecule has 0 fully saturated rings. The molecule has 120 valence electrons. The van der Waals surface area contributed by atoms with Gasteiger partial charge in [-0.05, 0) is 27.7 Å². The van der Waals surface area contributed by atoms with Crippen LogP contribution >= 0.6 is 7.81 Å². The fourth-order valence-electron chi connectivity index (χ4n) is 1.34. The predicted octanol–water partition coefficient (Wildman–Crippen LogP) is 5.80. The summed E-state index contributed by atoms with van der Waals surface area (Å²) in [6.45, 7) is 15.7. The summed E-state index contributed by atoms with van der Waals surface area (Å²) in [7, 11) is -10.7. The van der Waals surface area contributed by atoms with Crippen LogP contribution in [0.5, 0.6) is 0 Å². The van der Waals surface area contributed by atoms with Gasteiger partial charge in [0.1, 0.15) is 0 Å². The van der Waals surface area contributed by atoms with E-state index in [1.807, 2.05) is 0 Å². The Morgan fingerprint density at radius 1 is 0.789 bits per heavy atom. The van der Waals surface area contributed by atoms with Crippen molar-refractivity contribution in [2.45, 2.75) is 34.6 Å². The van der Waals surface area contributed by atoms with Crippen LogP contribution in [0, 0.1) is 11.3 Å². The number of hydrogen-bond donors (Lipinski definition) is 0. The van der Waals surface area contributed by atoms with Crippen molar-refractivity contribution < 1.29 is 29.7 Å². The zero-order chi connectivity index (χ0) is 16.4. The van der Waals surface area contributed by atoms with Crippen molar-refractivity contribution in [3.8, 4) is 6.07 Å². The van der Waals surface area contributed by atoms with Gasteiger partial charge in [-0.3, -0.25) is 0 Å². The van der Waals surface area contributed by atoms with E-state index in [4.69, 9.17) is 5.26 Å². The number of rotatable bonds is 4. The molecule has 0 unspecified atom stereocenters. The first kappa shape index (κ1) is 23.5. The summed E-state index contributed by atoms with van der Waals surface area (Å²) in [5, 5.41) is 7.32. The van der Waals surface area contributed by atoms with E-state index in [-0.39, 0.29) is 0 Å². The van der Waals surface area contributed by atoms with Crippen LogP contribution in [0.3, 0.4) is 0 Å². The van der Waals surface area contributed by atoms with Crippen LogP contribution in [0.15, 0.2) is 0 Å². The summed E-state index contributed by atoms with van der Waals surface area (Å²) in [6, 6.07) is 1.75. The van der Waals surface area contributed by atoms with Gasteiger partial charge in [-0.2, -0.15) is 5.26 Å². The molecule has 9 heteroatoms. The second-order valence-electron chi connectivity index (χ2n) is 3.79. The summed E-state index contributed by atoms with van der Waals surface area (Å²) < 4.78 is 60.5. The van der Waals surface area contributed by atoms with Gasteiger partial charge in [0.05, 0.1) is 32.2 Å². The van der Waals surface area contributed by atoms with Gasteiger partial charge in [-0.1, -0.05) is 0 Å². The van der Waals surface area contributed by atoms with Crippen LogP contribution in [0.25, 0.3) is 0 Å². The minimum absolute atomic E-state index is 1.28. The fraction of sp³-hybridized carbons (Fsp3) is 0.900. The van der Waals surface area contributed by atoms with Crippen LogP contribution in [-0.4, -0.2) is 30.7 Å². The molecule has 0 heterocycles. The average molecular weight is 316 g/mol. The SMILES string of the molecule is CC#N.CC[N+](CC)(CC)CC.F[P-](F)(F)(F)(F)F. The Hall–Kier alpha value is -0.540. The maximum absolute atomic E-state index is 10.7. The third-order valence-corrected chi connectivity index (χ3v) is 2.68. The molecule has 0 aliphatic heterocycles. The molecule has 0 aliphatic rings. The number of nitriles is 1. The molecule has 0 bridgehead atoms. The second kappa shape index (κ2) is 7.30. The van der Waals surface area contributed by atoms with Gasteiger partial charge in [0.2, 0.25) is 0 Å². The van der Waals surface area contributed by atoms with Gasteiger partial charge in [0, 0.05) is 6.92 Å². The monoisotopic (exact) mass is 316 g/mol. The minimum atomic E-state index is -10.7. The van der Waals surface area contributed by atoms with Crippen LogP contribution in [0.4, 0.5) is 25.2 Å². The van der Waals surface area contributed by atoms with Crippen molar-refractivity contribution in [2.24, 2.45) is 0 Å². The van der Waals surface area contributed by atoms with Crippen molar-refractivity contribution in [3.63, 3.8) is 0 Å². The zero-order valence-electron chi connectivity index (χ0n) is 11.9. The Kier molecular flexibility index (Phi) is 9.04. The molecule has 0 saturated heterocycles. The molecule has 2 nitrogen and oxygen atoms in total. The number of halogens is 6. The molecular formula is C10H23F6N2P. The van der Waals surface area contributed by atoms with Gasteiger partial charge < -0.3 is 4.48 Å². The van der Waals surface area contributed by atoms with E-state index in [1.165, 1.54) is 37.6 Å². The van der Waals surface area contributed by atoms with E-state index in [9.17, 15) is 25.2 Å². The molecule has 0 atom stereocenters. The Morgan fingerprint density at radius 2 is 0.895 bits per heavy atom. The zero-order valence-corrected chi connectivity index (χ0v) is 12.8. The Bertz CT molecular complexity index is 246. The van der Waals surface area contributed by atoms with Gasteiger partial charge in [0.15, 0.2) is 0 Å². The van der Waals surface area contributed by atoms with E-state index >= 15 is 0 Å². The molecule has 0 aromatic heterocycles. The molecule has 0 saturated carbocycles. The molecule has 0 spiro atoms. The predicted molar refractivity (Wildman–Crippen MR) is 67.3 cm³/mol. The second-order valence-corrected chi connectivity index (χ2v) is 5.71. The summed E-state index contributed by atoms with van der Waals surface area (Å²) in [5.41, 5.74) is 0. The standard InChI is InChI=1S/C8H20N.C2H3N.F6P/c1-5-9(6-2,7-3)8-4;1-2-3;1-7(2,3,4,5)6/h5-8H2,1-4H3;1H3;/q+1;;-1. The van der Waals surface area contributed by atoms with Gasteiger partial charge in [-0.25, -0.2) is 0 Å². The van der Waals surface area contributed by atoms with Crippen molar-refractivity contribution in [1.29, 1.82) is 5.26 Å². The molecule has 0 aromatic rings. The van der Waals surface area contributed by atoms with E-state index in [1.54, 1.807) is 6.07 Å². The Morgan fingerprint density at radius 3 is 0.895 bits per heavy atom. The number of hydrogen-bond acceptors (Lipinski definition) is 1. The van der Waals surface area contributed by atoms with Crippen LogP contribution in [0.1, 0.15) is 34.6 Å². The number of nitrogens with zero attached hydrogens (tertiary/aromatic N) is 2. The first-order valence-corrected chi connectivity index (χ1v) is 7.86. The molecule has 0 N–H and O–H groups in total. The normalized spacial score (nSPS) is 14.6. The number of quaternary nitrogens is 1. The third kappa shape index (κ3) is 31.8. The van der Waals surface area contributed by atoms with Crippen LogP contribution < -0.4 is 0 Å². The topological polar surface area (TPSA) is 23.8 Å². The summed E-state index contributed by atoms with van der Waals surface area (Å²) in [6.07, 6.45) is 0. The van der Waals surface area contributed by atoms with Gasteiger partial charge >= 0.3 is 33.0 Å². The Labute approximate surface area is 110 Å². The van der Waals surface area contributed by atoms with Gasteiger partial charge in [0.25, 0.3) is 0 Å². The molecule has 0 amide bonds. The molecule has 0 aliphatic carbocycles. The van der Waals surface area contributed by atoms with Gasteiger partial charge in [-0.15, -0.1) is 0 Å².